The number of carbonyl (C=O) groups is 2. The summed E-state index contributed by atoms with van der Waals surface area (Å²) < 4.78 is 10.4. The van der Waals surface area contributed by atoms with Crippen molar-refractivity contribution in [3.63, 3.8) is 0 Å². The van der Waals surface area contributed by atoms with E-state index in [1.54, 1.807) is 0 Å². The van der Waals surface area contributed by atoms with Crippen molar-refractivity contribution in [2.45, 2.75) is 38.1 Å². The van der Waals surface area contributed by atoms with Crippen molar-refractivity contribution >= 4 is 11.8 Å². The molecule has 1 N–H and O–H groups in total. The molecule has 7 heteroatoms. The molecule has 0 aliphatic carbocycles. The van der Waals surface area contributed by atoms with E-state index in [9.17, 15) is 9.59 Å². The molecule has 1 unspecified atom stereocenters. The molecular weight excluding hydrogens is 370 g/mol. The Kier molecular flexibility index (Phi) is 6.24. The first-order valence-corrected chi connectivity index (χ1v) is 10.3. The van der Waals surface area contributed by atoms with Crippen LogP contribution in [0.5, 0.6) is 0 Å². The number of likely N-dealkylation sites (tertiary alicyclic amines) is 1. The predicted octanol–water partition coefficient (Wildman–Crippen LogP) is 2.22. The van der Waals surface area contributed by atoms with Crippen LogP contribution in [0.1, 0.15) is 40.9 Å². The molecule has 0 saturated carbocycles. The van der Waals surface area contributed by atoms with Crippen LogP contribution in [0.4, 0.5) is 0 Å². The number of hydrogen-bond donors (Lipinski definition) is 1. The van der Waals surface area contributed by atoms with E-state index in [1.165, 1.54) is 18.2 Å². The van der Waals surface area contributed by atoms with Crippen LogP contribution in [0.3, 0.4) is 0 Å². The second kappa shape index (κ2) is 9.22. The fourth-order valence-corrected chi connectivity index (χ4v) is 4.09. The average molecular weight is 397 g/mol. The molecule has 0 spiro atoms. The third kappa shape index (κ3) is 5.23. The number of carbonyl (C=O) groups excluding carboxylic acids is 2. The standard InChI is InChI=1S/C22H27N3O4/c26-21(24-19-6-9-28-10-7-19)12-17-3-1-16(2-4-17)11-18-5-8-25(14-18)22(27)20-13-23-15-29-20/h1-4,13,15,18-19H,5-12,14H2,(H,24,26). The summed E-state index contributed by atoms with van der Waals surface area (Å²) in [6.07, 6.45) is 6.84. The second-order valence-electron chi connectivity index (χ2n) is 7.92. The number of nitrogens with one attached hydrogen (secondary N) is 1. The lowest BCUT2D eigenvalue weighted by Crippen LogP contribution is -2.39. The first kappa shape index (κ1) is 19.6. The van der Waals surface area contributed by atoms with Gasteiger partial charge in [0.15, 0.2) is 6.39 Å². The molecule has 1 atom stereocenters. The summed E-state index contributed by atoms with van der Waals surface area (Å²) in [5, 5.41) is 3.10. The number of ether oxygens (including phenoxy) is 1. The van der Waals surface area contributed by atoms with Crippen LogP contribution in [-0.2, 0) is 22.4 Å². The van der Waals surface area contributed by atoms with Crippen molar-refractivity contribution in [2.24, 2.45) is 5.92 Å². The van der Waals surface area contributed by atoms with Crippen LogP contribution in [0.2, 0.25) is 0 Å². The lowest BCUT2D eigenvalue weighted by molar-refractivity contribution is -0.121. The van der Waals surface area contributed by atoms with Crippen LogP contribution < -0.4 is 5.32 Å². The van der Waals surface area contributed by atoms with E-state index in [0.717, 1.165) is 57.6 Å². The van der Waals surface area contributed by atoms with Crippen molar-refractivity contribution in [3.8, 4) is 0 Å². The summed E-state index contributed by atoms with van der Waals surface area (Å²) in [7, 11) is 0. The number of hydrogen-bond acceptors (Lipinski definition) is 5. The van der Waals surface area contributed by atoms with Crippen LogP contribution in [0.25, 0.3) is 0 Å². The van der Waals surface area contributed by atoms with Gasteiger partial charge in [0.05, 0.1) is 12.6 Å². The molecule has 2 saturated heterocycles. The Hall–Kier alpha value is -2.67. The second-order valence-corrected chi connectivity index (χ2v) is 7.92. The quantitative estimate of drug-likeness (QED) is 0.808. The van der Waals surface area contributed by atoms with E-state index in [0.29, 0.717) is 18.1 Å². The van der Waals surface area contributed by atoms with Gasteiger partial charge in [-0.3, -0.25) is 9.59 Å². The zero-order valence-electron chi connectivity index (χ0n) is 16.5. The molecule has 4 rings (SSSR count). The average Bonchev–Trinajstić information content (AvgIpc) is 3.42. The number of oxazole rings is 1. The van der Waals surface area contributed by atoms with Gasteiger partial charge >= 0.3 is 0 Å². The molecule has 2 aliphatic rings. The third-order valence-corrected chi connectivity index (χ3v) is 5.71. The fourth-order valence-electron chi connectivity index (χ4n) is 4.09. The van der Waals surface area contributed by atoms with E-state index >= 15 is 0 Å². The summed E-state index contributed by atoms with van der Waals surface area (Å²) in [6.45, 7) is 2.92. The summed E-state index contributed by atoms with van der Waals surface area (Å²) in [5.41, 5.74) is 2.25. The Morgan fingerprint density at radius 1 is 1.10 bits per heavy atom. The van der Waals surface area contributed by atoms with E-state index in [1.807, 2.05) is 17.0 Å². The molecule has 0 bridgehead atoms. The molecule has 29 heavy (non-hydrogen) atoms. The minimum absolute atomic E-state index is 0.0713. The highest BCUT2D eigenvalue weighted by molar-refractivity contribution is 5.91. The maximum Gasteiger partial charge on any atom is 0.291 e. The molecule has 0 radical (unpaired) electrons. The van der Waals surface area contributed by atoms with Crippen molar-refractivity contribution < 1.29 is 18.7 Å². The normalized spacial score (nSPS) is 20.0. The van der Waals surface area contributed by atoms with Gasteiger partial charge < -0.3 is 19.4 Å². The molecule has 1 aromatic carbocycles. The van der Waals surface area contributed by atoms with Gasteiger partial charge in [0.2, 0.25) is 11.7 Å². The molecule has 2 aromatic rings. The molecule has 2 aliphatic heterocycles. The first-order chi connectivity index (χ1) is 14.2. The Labute approximate surface area is 170 Å². The van der Waals surface area contributed by atoms with E-state index < -0.39 is 0 Å². The largest absolute Gasteiger partial charge is 0.438 e. The van der Waals surface area contributed by atoms with Crippen LogP contribution in [0, 0.1) is 5.92 Å². The molecule has 154 valence electrons. The Morgan fingerprint density at radius 3 is 2.59 bits per heavy atom. The third-order valence-electron chi connectivity index (χ3n) is 5.71. The van der Waals surface area contributed by atoms with Gasteiger partial charge in [-0.05, 0) is 42.7 Å². The minimum Gasteiger partial charge on any atom is -0.438 e. The highest BCUT2D eigenvalue weighted by atomic mass is 16.5. The number of aromatic nitrogens is 1. The topological polar surface area (TPSA) is 84.7 Å². The highest BCUT2D eigenvalue weighted by Gasteiger charge is 2.28. The Balaban J connectivity index is 1.24. The van der Waals surface area contributed by atoms with E-state index in [-0.39, 0.29) is 17.9 Å². The molecule has 3 heterocycles. The van der Waals surface area contributed by atoms with Crippen molar-refractivity contribution in [1.29, 1.82) is 0 Å². The van der Waals surface area contributed by atoms with Gasteiger partial charge in [-0.25, -0.2) is 4.98 Å². The number of nitrogens with zero attached hydrogens (tertiary/aromatic N) is 2. The predicted molar refractivity (Wildman–Crippen MR) is 106 cm³/mol. The molecule has 2 amide bonds. The zero-order valence-corrected chi connectivity index (χ0v) is 16.5. The molecule has 1 aromatic heterocycles. The maximum atomic E-state index is 12.3. The maximum absolute atomic E-state index is 12.3. The molecule has 2 fully saturated rings. The van der Waals surface area contributed by atoms with Gasteiger partial charge in [0.1, 0.15) is 0 Å². The van der Waals surface area contributed by atoms with E-state index in [4.69, 9.17) is 9.15 Å². The number of amides is 2. The Bertz CT molecular complexity index is 813. The van der Waals surface area contributed by atoms with Crippen molar-refractivity contribution in [2.75, 3.05) is 26.3 Å². The minimum atomic E-state index is -0.0871. The van der Waals surface area contributed by atoms with Crippen LogP contribution in [0.15, 0.2) is 41.3 Å². The summed E-state index contributed by atoms with van der Waals surface area (Å²) in [5.74, 6) is 0.719. The highest BCUT2D eigenvalue weighted by Crippen LogP contribution is 2.23. The van der Waals surface area contributed by atoms with E-state index in [2.05, 4.69) is 22.4 Å². The summed E-state index contributed by atoms with van der Waals surface area (Å²) in [4.78, 5) is 30.2. The SMILES string of the molecule is O=C(Cc1ccc(CC2CCN(C(=O)c3cnco3)C2)cc1)NC1CCOCC1. The smallest absolute Gasteiger partial charge is 0.291 e. The van der Waals surface area contributed by atoms with Crippen molar-refractivity contribution in [1.82, 2.24) is 15.2 Å². The lowest BCUT2D eigenvalue weighted by Gasteiger charge is -2.23. The summed E-state index contributed by atoms with van der Waals surface area (Å²) >= 11 is 0. The van der Waals surface area contributed by atoms with Gasteiger partial charge in [0.25, 0.3) is 5.91 Å². The number of rotatable bonds is 6. The van der Waals surface area contributed by atoms with Gasteiger partial charge in [-0.1, -0.05) is 24.3 Å². The molecular formula is C22H27N3O4. The lowest BCUT2D eigenvalue weighted by atomic mass is 9.97. The molecule has 7 nitrogen and oxygen atoms in total. The zero-order chi connectivity index (χ0) is 20.1. The van der Waals surface area contributed by atoms with Crippen LogP contribution >= 0.6 is 0 Å². The number of benzene rings is 1. The summed E-state index contributed by atoms with van der Waals surface area (Å²) in [6, 6.07) is 8.49. The van der Waals surface area contributed by atoms with Crippen molar-refractivity contribution in [3.05, 3.63) is 53.7 Å². The first-order valence-electron chi connectivity index (χ1n) is 10.3. The van der Waals surface area contributed by atoms with Crippen LogP contribution in [-0.4, -0.2) is 54.0 Å². The Morgan fingerprint density at radius 2 is 1.86 bits per heavy atom. The van der Waals surface area contributed by atoms with Gasteiger partial charge in [-0.15, -0.1) is 0 Å². The van der Waals surface area contributed by atoms with Gasteiger partial charge in [0, 0.05) is 32.3 Å². The van der Waals surface area contributed by atoms with Gasteiger partial charge in [-0.2, -0.15) is 0 Å². The fraction of sp³-hybridized carbons (Fsp3) is 0.500. The monoisotopic (exact) mass is 397 g/mol.